The van der Waals surface area contributed by atoms with Gasteiger partial charge in [-0.25, -0.2) is 4.98 Å². The Morgan fingerprint density at radius 1 is 1.41 bits per heavy atom. The summed E-state index contributed by atoms with van der Waals surface area (Å²) in [6, 6.07) is 8.92. The lowest BCUT2D eigenvalue weighted by Gasteiger charge is -2.15. The lowest BCUT2D eigenvalue weighted by molar-refractivity contribution is -0.385. The first-order valence-electron chi connectivity index (χ1n) is 9.82. The molecule has 1 aliphatic rings. The van der Waals surface area contributed by atoms with Crippen LogP contribution in [0.5, 0.6) is 0 Å². The third-order valence-corrected chi connectivity index (χ3v) is 5.12. The van der Waals surface area contributed by atoms with Crippen LogP contribution in [0.25, 0.3) is 22.3 Å². The third kappa shape index (κ3) is 3.33. The number of nitrogens with zero attached hydrogens (tertiary/aromatic N) is 4. The Balaban J connectivity index is 0.00000141. The van der Waals surface area contributed by atoms with Crippen LogP contribution in [0.1, 0.15) is 42.2 Å². The average molecular weight is 436 g/mol. The zero-order chi connectivity index (χ0) is 23.6. The van der Waals surface area contributed by atoms with Crippen molar-refractivity contribution in [1.29, 1.82) is 5.26 Å². The van der Waals surface area contributed by atoms with E-state index < -0.39 is 27.8 Å². The van der Waals surface area contributed by atoms with E-state index in [1.807, 2.05) is 13.8 Å². The van der Waals surface area contributed by atoms with E-state index in [-0.39, 0.29) is 42.0 Å². The molecule has 0 saturated carbocycles. The second-order valence-electron chi connectivity index (χ2n) is 6.69. The maximum atomic E-state index is 13.2. The van der Waals surface area contributed by atoms with E-state index in [4.69, 9.17) is 4.74 Å². The third-order valence-electron chi connectivity index (χ3n) is 5.12. The minimum absolute atomic E-state index is 0.0980. The average Bonchev–Trinajstić information content (AvgIpc) is 3.18. The molecule has 2 aromatic heterocycles. The fourth-order valence-electron chi connectivity index (χ4n) is 3.91. The number of hydrogen-bond donors (Lipinski definition) is 1. The van der Waals surface area contributed by atoms with Crippen LogP contribution in [0, 0.1) is 21.4 Å². The van der Waals surface area contributed by atoms with Crippen LogP contribution in [-0.2, 0) is 22.7 Å². The van der Waals surface area contributed by atoms with Gasteiger partial charge < -0.3 is 14.6 Å². The summed E-state index contributed by atoms with van der Waals surface area (Å²) in [5.41, 5.74) is -0.836. The van der Waals surface area contributed by atoms with Gasteiger partial charge in [0.15, 0.2) is 6.29 Å². The number of nitro groups is 1. The van der Waals surface area contributed by atoms with Gasteiger partial charge in [-0.3, -0.25) is 19.5 Å². The van der Waals surface area contributed by atoms with Crippen LogP contribution in [0.2, 0.25) is 0 Å². The van der Waals surface area contributed by atoms with Crippen molar-refractivity contribution in [2.75, 3.05) is 7.11 Å². The molecule has 1 atom stereocenters. The molecular weight excluding hydrogens is 416 g/mol. The van der Waals surface area contributed by atoms with Crippen LogP contribution in [0.3, 0.4) is 0 Å². The Labute approximate surface area is 182 Å². The molecule has 0 amide bonds. The number of aldehydes is 1. The molecule has 10 heteroatoms. The Kier molecular flexibility index (Phi) is 6.43. The maximum Gasteiger partial charge on any atom is 0.302 e. The van der Waals surface area contributed by atoms with Gasteiger partial charge in [-0.2, -0.15) is 5.26 Å². The van der Waals surface area contributed by atoms with E-state index in [1.165, 1.54) is 7.11 Å². The normalized spacial score (nSPS) is 12.2. The van der Waals surface area contributed by atoms with Crippen molar-refractivity contribution in [2.45, 2.75) is 33.1 Å². The topological polar surface area (TPSA) is 148 Å². The molecule has 1 aliphatic heterocycles. The molecular formula is C22H20N4O6. The number of aliphatic hydroxyl groups is 1. The second-order valence-corrected chi connectivity index (χ2v) is 6.69. The summed E-state index contributed by atoms with van der Waals surface area (Å²) in [6.07, 6.45) is -1.78. The van der Waals surface area contributed by atoms with Gasteiger partial charge in [-0.1, -0.05) is 32.0 Å². The molecule has 10 nitrogen and oxygen atoms in total. The molecule has 164 valence electrons. The molecule has 4 rings (SSSR count). The molecule has 1 N–H and O–H groups in total. The second kappa shape index (κ2) is 9.05. The van der Waals surface area contributed by atoms with Gasteiger partial charge in [-0.15, -0.1) is 0 Å². The predicted molar refractivity (Wildman–Crippen MR) is 115 cm³/mol. The number of pyridine rings is 2. The first-order valence-corrected chi connectivity index (χ1v) is 9.82. The number of nitriles is 1. The number of rotatable bonds is 5. The Morgan fingerprint density at radius 3 is 2.69 bits per heavy atom. The molecule has 1 aromatic carbocycles. The van der Waals surface area contributed by atoms with Gasteiger partial charge in [-0.05, 0) is 6.07 Å². The van der Waals surface area contributed by atoms with Crippen LogP contribution in [-0.4, -0.2) is 33.0 Å². The van der Waals surface area contributed by atoms with Crippen LogP contribution < -0.4 is 5.56 Å². The smallest absolute Gasteiger partial charge is 0.302 e. The number of benzene rings is 1. The number of aliphatic hydroxyl groups excluding tert-OH is 1. The monoisotopic (exact) mass is 436 g/mol. The number of methoxy groups -OCH3 is 1. The van der Waals surface area contributed by atoms with Gasteiger partial charge in [0.25, 0.3) is 5.56 Å². The fourth-order valence-corrected chi connectivity index (χ4v) is 3.91. The molecule has 0 radical (unpaired) electrons. The number of fused-ring (bicyclic) bond motifs is 4. The first-order chi connectivity index (χ1) is 15.4. The molecule has 0 spiro atoms. The highest BCUT2D eigenvalue weighted by Gasteiger charge is 2.39. The van der Waals surface area contributed by atoms with Crippen molar-refractivity contribution in [2.24, 2.45) is 0 Å². The minimum Gasteiger partial charge on any atom is -0.381 e. The first kappa shape index (κ1) is 22.7. The number of carbonyl (C=O) groups is 1. The summed E-state index contributed by atoms with van der Waals surface area (Å²) < 4.78 is 6.14. The largest absolute Gasteiger partial charge is 0.381 e. The summed E-state index contributed by atoms with van der Waals surface area (Å²) in [5, 5.41) is 32.5. The Bertz CT molecular complexity index is 1340. The Hall–Kier alpha value is -3.94. The molecule has 0 bridgehead atoms. The summed E-state index contributed by atoms with van der Waals surface area (Å²) in [4.78, 5) is 40.2. The van der Waals surface area contributed by atoms with Crippen molar-refractivity contribution in [3.8, 4) is 17.5 Å². The number of para-hydroxylation sites is 1. The van der Waals surface area contributed by atoms with Gasteiger partial charge in [0.1, 0.15) is 23.6 Å². The van der Waals surface area contributed by atoms with Crippen molar-refractivity contribution < 1.29 is 19.6 Å². The Morgan fingerprint density at radius 2 is 2.09 bits per heavy atom. The van der Waals surface area contributed by atoms with E-state index in [9.17, 15) is 30.1 Å². The molecule has 1 unspecified atom stereocenters. The van der Waals surface area contributed by atoms with Gasteiger partial charge in [0.05, 0.1) is 40.3 Å². The van der Waals surface area contributed by atoms with E-state index in [2.05, 4.69) is 11.1 Å². The minimum atomic E-state index is -1.89. The van der Waals surface area contributed by atoms with Crippen molar-refractivity contribution >= 4 is 22.9 Å². The molecule has 0 fully saturated rings. The summed E-state index contributed by atoms with van der Waals surface area (Å²) in [6.45, 7) is 3.57. The standard InChI is InChI=1S/C20H14N4O6.C2H6/c1-30-9-13-16(15(26)8-25)18(24(28)29)19-17-12(7-23(19)20(13)27)11(6-21)10-4-2-3-5-14(10)22-17;1-2/h2-5,8,15,26H,7,9H2,1H3;1-2H3. The van der Waals surface area contributed by atoms with Gasteiger partial charge in [0, 0.05) is 18.1 Å². The maximum absolute atomic E-state index is 13.2. The molecule has 3 heterocycles. The van der Waals surface area contributed by atoms with Crippen molar-refractivity contribution in [1.82, 2.24) is 9.55 Å². The van der Waals surface area contributed by atoms with E-state index in [1.54, 1.807) is 24.3 Å². The fraction of sp³-hybridized carbons (Fsp3) is 0.273. The molecule has 32 heavy (non-hydrogen) atoms. The summed E-state index contributed by atoms with van der Waals surface area (Å²) in [7, 11) is 1.29. The zero-order valence-electron chi connectivity index (χ0n) is 17.7. The van der Waals surface area contributed by atoms with Crippen LogP contribution >= 0.6 is 0 Å². The predicted octanol–water partition coefficient (Wildman–Crippen LogP) is 2.61. The summed E-state index contributed by atoms with van der Waals surface area (Å²) in [5.74, 6) is 0. The number of carbonyl (C=O) groups excluding carboxylic acids is 1. The molecule has 0 aliphatic carbocycles. The van der Waals surface area contributed by atoms with Crippen LogP contribution in [0.15, 0.2) is 29.1 Å². The zero-order valence-corrected chi connectivity index (χ0v) is 17.7. The number of aromatic nitrogens is 2. The van der Waals surface area contributed by atoms with E-state index in [0.717, 1.165) is 4.57 Å². The highest BCUT2D eigenvalue weighted by atomic mass is 16.6. The van der Waals surface area contributed by atoms with Crippen LogP contribution in [0.4, 0.5) is 5.69 Å². The van der Waals surface area contributed by atoms with Gasteiger partial charge >= 0.3 is 5.69 Å². The lowest BCUT2D eigenvalue weighted by Crippen LogP contribution is -2.28. The highest BCUT2D eigenvalue weighted by molar-refractivity contribution is 5.92. The van der Waals surface area contributed by atoms with E-state index >= 15 is 0 Å². The quantitative estimate of drug-likeness (QED) is 0.285. The molecule has 3 aromatic rings. The number of hydrogen-bond acceptors (Lipinski definition) is 8. The highest BCUT2D eigenvalue weighted by Crippen LogP contribution is 2.43. The SMILES string of the molecule is CC.COCc1c(C(O)C=O)c([N+](=O)[O-])c2n(c1=O)Cc1c-2nc2ccccc2c1C#N. The lowest BCUT2D eigenvalue weighted by atomic mass is 9.98. The van der Waals surface area contributed by atoms with Gasteiger partial charge in [0.2, 0.25) is 0 Å². The van der Waals surface area contributed by atoms with Crippen molar-refractivity contribution in [3.63, 3.8) is 0 Å². The number of ether oxygens (including phenoxy) is 1. The van der Waals surface area contributed by atoms with Crippen molar-refractivity contribution in [3.05, 3.63) is 67.0 Å². The van der Waals surface area contributed by atoms with E-state index in [0.29, 0.717) is 16.5 Å². The molecule has 0 saturated heterocycles. The summed E-state index contributed by atoms with van der Waals surface area (Å²) >= 11 is 0.